The molecule has 0 aromatic heterocycles. The maximum atomic E-state index is 6.56. The van der Waals surface area contributed by atoms with Gasteiger partial charge in [0, 0.05) is 6.61 Å². The van der Waals surface area contributed by atoms with Crippen molar-refractivity contribution >= 4 is 42.2 Å². The van der Waals surface area contributed by atoms with Crippen LogP contribution in [0.4, 0.5) is 0 Å². The van der Waals surface area contributed by atoms with Crippen LogP contribution in [0.5, 0.6) is 0 Å². The van der Waals surface area contributed by atoms with E-state index in [1.807, 2.05) is 0 Å². The molecule has 0 aliphatic carbocycles. The second-order valence-corrected chi connectivity index (χ2v) is 21.8. The van der Waals surface area contributed by atoms with Crippen LogP contribution < -0.4 is 15.6 Å². The summed E-state index contributed by atoms with van der Waals surface area (Å²) in [5.41, 5.74) is 0. The standard InChI is InChI=1S/C28H40OSi3/c1-28(2,3)32(4,5)29-23-15-22-27(30-24-16-9-6-10-17-24)31(25-18-11-7-12-19-25)26-20-13-8-14-21-26/h6-14,16-21,27,31H,15,22-23,30H2,1-5H3/t27-/m1/s1. The summed E-state index contributed by atoms with van der Waals surface area (Å²) in [5, 5.41) is 5.82. The lowest BCUT2D eigenvalue weighted by atomic mass is 10.2. The first-order chi connectivity index (χ1) is 15.3. The van der Waals surface area contributed by atoms with Crippen molar-refractivity contribution in [3.05, 3.63) is 91.0 Å². The molecular weight excluding hydrogens is 437 g/mol. The van der Waals surface area contributed by atoms with Crippen molar-refractivity contribution in [2.24, 2.45) is 0 Å². The molecule has 0 amide bonds. The zero-order valence-corrected chi connectivity index (χ0v) is 24.1. The third-order valence-electron chi connectivity index (χ3n) is 7.12. The fraction of sp³-hybridized carbons (Fsp3) is 0.357. The minimum atomic E-state index is -1.68. The van der Waals surface area contributed by atoms with Gasteiger partial charge < -0.3 is 4.43 Å². The molecule has 170 valence electrons. The molecular formula is C28H40OSi3. The van der Waals surface area contributed by atoms with E-state index in [0.29, 0.717) is 0 Å². The van der Waals surface area contributed by atoms with E-state index in [1.54, 1.807) is 15.6 Å². The molecule has 0 fully saturated rings. The van der Waals surface area contributed by atoms with Gasteiger partial charge >= 0.3 is 0 Å². The molecule has 0 radical (unpaired) electrons. The summed E-state index contributed by atoms with van der Waals surface area (Å²) < 4.78 is 6.56. The normalized spacial score (nSPS) is 13.7. The van der Waals surface area contributed by atoms with Gasteiger partial charge in [-0.2, -0.15) is 0 Å². The Morgan fingerprint density at radius 2 is 1.25 bits per heavy atom. The summed E-state index contributed by atoms with van der Waals surface area (Å²) in [7, 11) is -3.42. The maximum absolute atomic E-state index is 6.56. The van der Waals surface area contributed by atoms with Crippen molar-refractivity contribution in [3.8, 4) is 0 Å². The van der Waals surface area contributed by atoms with Gasteiger partial charge in [0.15, 0.2) is 8.32 Å². The lowest BCUT2D eigenvalue weighted by Crippen LogP contribution is -2.49. The molecule has 32 heavy (non-hydrogen) atoms. The monoisotopic (exact) mass is 476 g/mol. The molecule has 0 bridgehead atoms. The van der Waals surface area contributed by atoms with Gasteiger partial charge in [-0.05, 0) is 29.7 Å². The Hall–Kier alpha value is -1.73. The van der Waals surface area contributed by atoms with E-state index in [1.165, 1.54) is 12.8 Å². The van der Waals surface area contributed by atoms with Crippen LogP contribution in [-0.2, 0) is 4.43 Å². The zero-order chi connectivity index (χ0) is 23.0. The van der Waals surface area contributed by atoms with E-state index in [0.717, 1.165) is 11.8 Å². The highest BCUT2D eigenvalue weighted by Crippen LogP contribution is 2.36. The molecule has 4 heteroatoms. The van der Waals surface area contributed by atoms with Crippen LogP contribution in [0.3, 0.4) is 0 Å². The van der Waals surface area contributed by atoms with Crippen molar-refractivity contribution in [3.63, 3.8) is 0 Å². The topological polar surface area (TPSA) is 9.23 Å². The van der Waals surface area contributed by atoms with Gasteiger partial charge in [0.2, 0.25) is 0 Å². The fourth-order valence-electron chi connectivity index (χ4n) is 4.25. The number of rotatable bonds is 10. The highest BCUT2D eigenvalue weighted by atomic mass is 28.4. The second-order valence-electron chi connectivity index (χ2n) is 10.5. The molecule has 0 saturated carbocycles. The van der Waals surface area contributed by atoms with E-state index in [-0.39, 0.29) is 5.04 Å². The lowest BCUT2D eigenvalue weighted by molar-refractivity contribution is 0.280. The lowest BCUT2D eigenvalue weighted by Gasteiger charge is -2.36. The van der Waals surface area contributed by atoms with Crippen molar-refractivity contribution in [1.29, 1.82) is 0 Å². The third-order valence-corrected chi connectivity index (χ3v) is 19.1. The van der Waals surface area contributed by atoms with Gasteiger partial charge in [-0.3, -0.25) is 0 Å². The van der Waals surface area contributed by atoms with Gasteiger partial charge in [0.1, 0.15) is 8.80 Å². The summed E-state index contributed by atoms with van der Waals surface area (Å²) in [6.45, 7) is 12.6. The van der Waals surface area contributed by atoms with E-state index < -0.39 is 26.6 Å². The van der Waals surface area contributed by atoms with Crippen LogP contribution in [0.1, 0.15) is 33.6 Å². The maximum Gasteiger partial charge on any atom is 0.191 e. The van der Waals surface area contributed by atoms with Crippen molar-refractivity contribution in [1.82, 2.24) is 0 Å². The molecule has 1 nitrogen and oxygen atoms in total. The minimum Gasteiger partial charge on any atom is -0.417 e. The molecule has 3 rings (SSSR count). The Morgan fingerprint density at radius 1 is 0.781 bits per heavy atom. The Balaban J connectivity index is 1.83. The van der Waals surface area contributed by atoms with Gasteiger partial charge in [0.25, 0.3) is 0 Å². The van der Waals surface area contributed by atoms with Crippen LogP contribution in [0, 0.1) is 0 Å². The largest absolute Gasteiger partial charge is 0.417 e. The van der Waals surface area contributed by atoms with E-state index in [9.17, 15) is 0 Å². The molecule has 0 unspecified atom stereocenters. The number of hydrogen-bond acceptors (Lipinski definition) is 1. The molecule has 0 heterocycles. The van der Waals surface area contributed by atoms with Crippen LogP contribution in [-0.4, -0.2) is 33.2 Å². The predicted octanol–water partition coefficient (Wildman–Crippen LogP) is 4.65. The Labute approximate surface area is 200 Å². The van der Waals surface area contributed by atoms with Crippen molar-refractivity contribution in [2.75, 3.05) is 6.61 Å². The molecule has 0 N–H and O–H groups in total. The first-order valence-electron chi connectivity index (χ1n) is 12.1. The smallest absolute Gasteiger partial charge is 0.191 e. The minimum absolute atomic E-state index is 0.274. The summed E-state index contributed by atoms with van der Waals surface area (Å²) in [5.74, 6) is 0. The van der Waals surface area contributed by atoms with E-state index in [2.05, 4.69) is 125 Å². The number of hydrogen-bond donors (Lipinski definition) is 0. The SMILES string of the molecule is CC(C)(C)[Si](C)(C)OCCC[C@H]([SiH2]c1ccccc1)[SiH](c1ccccc1)c1ccccc1. The molecule has 0 aliphatic rings. The highest BCUT2D eigenvalue weighted by molar-refractivity contribution is 6.93. The van der Waals surface area contributed by atoms with Crippen molar-refractivity contribution < 1.29 is 4.43 Å². The van der Waals surface area contributed by atoms with Crippen molar-refractivity contribution in [2.45, 2.75) is 56.9 Å². The summed E-state index contributed by atoms with van der Waals surface area (Å²) in [6.07, 6.45) is 2.44. The molecule has 0 aliphatic heterocycles. The first kappa shape index (κ1) is 24.9. The first-order valence-corrected chi connectivity index (χ1v) is 18.3. The molecule has 3 aromatic rings. The summed E-state index contributed by atoms with van der Waals surface area (Å²) in [4.78, 5) is 0. The highest BCUT2D eigenvalue weighted by Gasteiger charge is 2.37. The second kappa shape index (κ2) is 11.4. The Bertz CT molecular complexity index is 882. The van der Waals surface area contributed by atoms with Gasteiger partial charge in [0.05, 0.1) is 9.52 Å². The van der Waals surface area contributed by atoms with Gasteiger partial charge in [-0.25, -0.2) is 0 Å². The van der Waals surface area contributed by atoms with E-state index in [4.69, 9.17) is 4.43 Å². The zero-order valence-electron chi connectivity index (χ0n) is 20.6. The Kier molecular flexibility index (Phi) is 8.88. The van der Waals surface area contributed by atoms with Gasteiger partial charge in [-0.15, -0.1) is 0 Å². The molecule has 0 saturated heterocycles. The van der Waals surface area contributed by atoms with Crippen LogP contribution in [0.2, 0.25) is 23.3 Å². The molecule has 0 spiro atoms. The average molecular weight is 477 g/mol. The van der Waals surface area contributed by atoms with Crippen LogP contribution in [0.25, 0.3) is 0 Å². The average Bonchev–Trinajstić information content (AvgIpc) is 2.78. The quantitative estimate of drug-likeness (QED) is 0.306. The van der Waals surface area contributed by atoms with E-state index >= 15 is 0 Å². The fourth-order valence-corrected chi connectivity index (χ4v) is 13.7. The Morgan fingerprint density at radius 3 is 1.72 bits per heavy atom. The summed E-state index contributed by atoms with van der Waals surface area (Å²) >= 11 is 0. The predicted molar refractivity (Wildman–Crippen MR) is 150 cm³/mol. The molecule has 3 aromatic carbocycles. The van der Waals surface area contributed by atoms with Gasteiger partial charge in [-0.1, -0.05) is 134 Å². The third kappa shape index (κ3) is 6.88. The number of benzene rings is 3. The molecule has 1 atom stereocenters. The summed E-state index contributed by atoms with van der Waals surface area (Å²) in [6, 6.07) is 34.0. The van der Waals surface area contributed by atoms with Crippen LogP contribution in [0.15, 0.2) is 91.0 Å². The van der Waals surface area contributed by atoms with Crippen LogP contribution >= 0.6 is 0 Å².